The van der Waals surface area contributed by atoms with Crippen LogP contribution in [0.25, 0.3) is 10.9 Å². The number of aromatic nitrogens is 1. The number of nitrogens with one attached hydrogen (secondary N) is 4. The molecule has 44 heavy (non-hydrogen) atoms. The fraction of sp³-hybridized carbons (Fsp3) is 0.562. The second-order valence-electron chi connectivity index (χ2n) is 11.9. The number of ether oxygens (including phenoxy) is 2. The Morgan fingerprint density at radius 2 is 1.84 bits per heavy atom. The van der Waals surface area contributed by atoms with E-state index < -0.39 is 54.1 Å². The Morgan fingerprint density at radius 3 is 2.48 bits per heavy atom. The summed E-state index contributed by atoms with van der Waals surface area (Å²) in [7, 11) is 1.53. The van der Waals surface area contributed by atoms with Gasteiger partial charge in [0.25, 0.3) is 5.91 Å². The fourth-order valence-electron chi connectivity index (χ4n) is 5.26. The van der Waals surface area contributed by atoms with Gasteiger partial charge in [0.05, 0.1) is 25.8 Å². The lowest BCUT2D eigenvalue weighted by Crippen LogP contribution is -2.49. The maximum atomic E-state index is 13.1. The van der Waals surface area contributed by atoms with E-state index in [1.807, 2.05) is 6.07 Å². The highest BCUT2D eigenvalue weighted by Crippen LogP contribution is 2.38. The predicted molar refractivity (Wildman–Crippen MR) is 162 cm³/mol. The number of Topliss-reactive ketones (excluding diaryl/α,β-unsaturated/α-hetero) is 1. The number of esters is 1. The number of nitriles is 1. The average Bonchev–Trinajstić information content (AvgIpc) is 3.67. The molecule has 4 N–H and O–H groups in total. The molecule has 1 saturated carbocycles. The molecule has 12 heteroatoms. The van der Waals surface area contributed by atoms with E-state index in [4.69, 9.17) is 9.47 Å². The third-order valence-corrected chi connectivity index (χ3v) is 7.55. The SMILES string of the molecule is CC(C)C.COc1cccc2[nH]c(C(=O)NCC(=O)N[C@@H](C[C@@H]3CCCNC3=O)C(=O)COC(=O)C3(C#N)CCCC3)cc12. The van der Waals surface area contributed by atoms with Crippen molar-refractivity contribution < 1.29 is 33.4 Å². The molecule has 0 unspecified atom stereocenters. The van der Waals surface area contributed by atoms with Crippen molar-refractivity contribution in [3.05, 3.63) is 30.0 Å². The second kappa shape index (κ2) is 15.9. The normalized spacial score (nSPS) is 17.8. The minimum absolute atomic E-state index is 0.0209. The lowest BCUT2D eigenvalue weighted by Gasteiger charge is -2.26. The number of hydrogen-bond acceptors (Lipinski definition) is 8. The molecule has 238 valence electrons. The summed E-state index contributed by atoms with van der Waals surface area (Å²) in [6.45, 7) is 5.98. The highest BCUT2D eigenvalue weighted by molar-refractivity contribution is 6.01. The zero-order chi connectivity index (χ0) is 32.3. The van der Waals surface area contributed by atoms with Crippen molar-refractivity contribution in [1.29, 1.82) is 5.26 Å². The van der Waals surface area contributed by atoms with Crippen molar-refractivity contribution in [2.75, 3.05) is 26.8 Å². The first-order valence-corrected chi connectivity index (χ1v) is 15.1. The number of carbonyl (C=O) groups is 5. The molecule has 0 bridgehead atoms. The Balaban J connectivity index is 0.00000124. The van der Waals surface area contributed by atoms with Gasteiger partial charge in [-0.15, -0.1) is 0 Å². The number of amides is 3. The van der Waals surface area contributed by atoms with Crippen molar-refractivity contribution in [3.8, 4) is 11.8 Å². The van der Waals surface area contributed by atoms with Gasteiger partial charge in [-0.2, -0.15) is 5.26 Å². The molecule has 0 spiro atoms. The van der Waals surface area contributed by atoms with Crippen LogP contribution in [0.15, 0.2) is 24.3 Å². The first-order chi connectivity index (χ1) is 21.0. The van der Waals surface area contributed by atoms with Crippen molar-refractivity contribution in [3.63, 3.8) is 0 Å². The van der Waals surface area contributed by atoms with Crippen LogP contribution in [-0.2, 0) is 23.9 Å². The van der Waals surface area contributed by atoms with Gasteiger partial charge >= 0.3 is 5.97 Å². The van der Waals surface area contributed by atoms with Gasteiger partial charge in [0.15, 0.2) is 17.8 Å². The van der Waals surface area contributed by atoms with E-state index in [0.717, 1.165) is 25.2 Å². The summed E-state index contributed by atoms with van der Waals surface area (Å²) in [6.07, 6.45) is 3.50. The molecule has 2 fully saturated rings. The monoisotopic (exact) mass is 609 g/mol. The average molecular weight is 610 g/mol. The minimum Gasteiger partial charge on any atom is -0.496 e. The number of hydrogen-bond donors (Lipinski definition) is 4. The van der Waals surface area contributed by atoms with Crippen LogP contribution in [0.1, 0.15) is 76.2 Å². The molecule has 1 saturated heterocycles. The van der Waals surface area contributed by atoms with Crippen molar-refractivity contribution >= 4 is 40.4 Å². The number of methoxy groups -OCH3 is 1. The van der Waals surface area contributed by atoms with Crippen LogP contribution in [0, 0.1) is 28.6 Å². The summed E-state index contributed by atoms with van der Waals surface area (Å²) in [5.41, 5.74) is -0.334. The third-order valence-electron chi connectivity index (χ3n) is 7.55. The number of aromatic amines is 1. The lowest BCUT2D eigenvalue weighted by molar-refractivity contribution is -0.156. The minimum atomic E-state index is -1.25. The fourth-order valence-corrected chi connectivity index (χ4v) is 5.26. The number of rotatable bonds is 11. The van der Waals surface area contributed by atoms with Crippen LogP contribution >= 0.6 is 0 Å². The lowest BCUT2D eigenvalue weighted by atomic mass is 9.88. The van der Waals surface area contributed by atoms with Crippen LogP contribution in [0.5, 0.6) is 5.75 Å². The van der Waals surface area contributed by atoms with E-state index >= 15 is 0 Å². The van der Waals surface area contributed by atoms with Gasteiger partial charge in [-0.25, -0.2) is 0 Å². The van der Waals surface area contributed by atoms with E-state index in [1.54, 1.807) is 24.3 Å². The van der Waals surface area contributed by atoms with Crippen LogP contribution < -0.4 is 20.7 Å². The summed E-state index contributed by atoms with van der Waals surface area (Å²) in [5, 5.41) is 18.1. The zero-order valence-electron chi connectivity index (χ0n) is 25.9. The van der Waals surface area contributed by atoms with Gasteiger partial charge < -0.3 is 30.4 Å². The number of carbonyl (C=O) groups excluding carboxylic acids is 5. The number of benzene rings is 1. The number of fused-ring (bicyclic) bond motifs is 1. The molecule has 1 aromatic heterocycles. The van der Waals surface area contributed by atoms with Crippen LogP contribution in [0.3, 0.4) is 0 Å². The summed E-state index contributed by atoms with van der Waals surface area (Å²) in [4.78, 5) is 66.4. The van der Waals surface area contributed by atoms with E-state index in [-0.39, 0.29) is 18.0 Å². The Labute approximate surface area is 257 Å². The number of H-pyrrole nitrogens is 1. The Hall–Kier alpha value is -4.40. The molecule has 1 aliphatic heterocycles. The maximum Gasteiger partial charge on any atom is 0.326 e. The first-order valence-electron chi connectivity index (χ1n) is 15.1. The Bertz CT molecular complexity index is 1380. The Morgan fingerprint density at radius 1 is 1.14 bits per heavy atom. The number of nitrogens with zero attached hydrogens (tertiary/aromatic N) is 1. The molecule has 2 heterocycles. The predicted octanol–water partition coefficient (Wildman–Crippen LogP) is 3.17. The van der Waals surface area contributed by atoms with Gasteiger partial charge in [-0.1, -0.05) is 39.7 Å². The molecule has 4 rings (SSSR count). The molecule has 2 aromatic rings. The maximum absolute atomic E-state index is 13.1. The Kier molecular flexibility index (Phi) is 12.3. The molecule has 1 aliphatic carbocycles. The van der Waals surface area contributed by atoms with Gasteiger partial charge in [0, 0.05) is 23.4 Å². The summed E-state index contributed by atoms with van der Waals surface area (Å²) >= 11 is 0. The van der Waals surface area contributed by atoms with E-state index in [2.05, 4.69) is 41.7 Å². The van der Waals surface area contributed by atoms with E-state index in [1.165, 1.54) is 7.11 Å². The molecule has 3 amide bonds. The van der Waals surface area contributed by atoms with Gasteiger partial charge in [0.2, 0.25) is 11.8 Å². The quantitative estimate of drug-likeness (QED) is 0.281. The van der Waals surface area contributed by atoms with Crippen molar-refractivity contribution in [2.45, 2.75) is 71.8 Å². The van der Waals surface area contributed by atoms with E-state index in [9.17, 15) is 29.2 Å². The van der Waals surface area contributed by atoms with Gasteiger partial charge in [0.1, 0.15) is 11.4 Å². The number of piperidine rings is 1. The standard InChI is InChI=1S/C28H33N5O7.C4H10/c1-39-23-8-4-7-19-18(23)13-21(32-19)26(37)31-14-24(35)33-20(12-17-6-5-11-30-25(17)36)22(34)15-40-27(38)28(16-29)9-2-3-10-28;1-4(2)3/h4,7-8,13,17,20,32H,2-3,5-6,9-12,14-15H2,1H3,(H,30,36)(H,31,37)(H,33,35);4H,1-3H3/t17-,20-;/m0./s1. The van der Waals surface area contributed by atoms with Crippen molar-refractivity contribution in [2.24, 2.45) is 17.3 Å². The summed E-state index contributed by atoms with van der Waals surface area (Å²) < 4.78 is 10.5. The number of ketones is 1. The second-order valence-corrected chi connectivity index (χ2v) is 11.9. The van der Waals surface area contributed by atoms with Gasteiger partial charge in [-0.05, 0) is 56.2 Å². The molecular formula is C32H43N5O7. The van der Waals surface area contributed by atoms with Gasteiger partial charge in [-0.3, -0.25) is 24.0 Å². The molecule has 2 aliphatic rings. The van der Waals surface area contributed by atoms with Crippen LogP contribution in [-0.4, -0.2) is 67.3 Å². The first kappa shape index (κ1) is 34.1. The molecule has 0 radical (unpaired) electrons. The summed E-state index contributed by atoms with van der Waals surface area (Å²) in [6, 6.07) is 7.86. The smallest absolute Gasteiger partial charge is 0.326 e. The molecule has 1 aromatic carbocycles. The molecular weight excluding hydrogens is 566 g/mol. The molecule has 2 atom stereocenters. The summed E-state index contributed by atoms with van der Waals surface area (Å²) in [5.74, 6) is -1.82. The molecule has 12 nitrogen and oxygen atoms in total. The van der Waals surface area contributed by atoms with Crippen LogP contribution in [0.4, 0.5) is 0 Å². The van der Waals surface area contributed by atoms with Crippen LogP contribution in [0.2, 0.25) is 0 Å². The highest BCUT2D eigenvalue weighted by atomic mass is 16.5. The van der Waals surface area contributed by atoms with E-state index in [0.29, 0.717) is 42.5 Å². The van der Waals surface area contributed by atoms with Crippen molar-refractivity contribution in [1.82, 2.24) is 20.9 Å². The highest BCUT2D eigenvalue weighted by Gasteiger charge is 2.43. The third kappa shape index (κ3) is 9.05. The topological polar surface area (TPSA) is 179 Å². The largest absolute Gasteiger partial charge is 0.496 e. The zero-order valence-corrected chi connectivity index (χ0v) is 25.9.